The molecule has 1 aliphatic rings. The molecule has 2 N–H and O–H groups in total. The number of ketones is 2. The van der Waals surface area contributed by atoms with Crippen molar-refractivity contribution < 1.29 is 19.2 Å². The Kier molecular flexibility index (Phi) is 8.68. The molecule has 6 heteroatoms. The van der Waals surface area contributed by atoms with Gasteiger partial charge in [0.2, 0.25) is 11.8 Å². The number of Topliss-reactive ketones (excluding diaryl/α,β-unsaturated/α-hetero) is 2. The van der Waals surface area contributed by atoms with Crippen LogP contribution in [0.15, 0.2) is 0 Å². The van der Waals surface area contributed by atoms with Crippen molar-refractivity contribution >= 4 is 23.4 Å². The maximum Gasteiger partial charge on any atom is 0.225 e. The summed E-state index contributed by atoms with van der Waals surface area (Å²) < 4.78 is 0. The van der Waals surface area contributed by atoms with Crippen molar-refractivity contribution in [2.75, 3.05) is 0 Å². The third-order valence-corrected chi connectivity index (χ3v) is 6.92. The van der Waals surface area contributed by atoms with Crippen molar-refractivity contribution in [2.24, 2.45) is 33.0 Å². The van der Waals surface area contributed by atoms with Crippen LogP contribution in [0.25, 0.3) is 0 Å². The van der Waals surface area contributed by atoms with E-state index in [0.29, 0.717) is 0 Å². The highest BCUT2D eigenvalue weighted by Crippen LogP contribution is 2.48. The normalized spacial score (nSPS) is 19.0. The molecular weight excluding hydrogens is 428 g/mol. The molecule has 34 heavy (non-hydrogen) atoms. The van der Waals surface area contributed by atoms with Gasteiger partial charge in [0.25, 0.3) is 0 Å². The summed E-state index contributed by atoms with van der Waals surface area (Å²) in [5, 5.41) is 5.96. The maximum absolute atomic E-state index is 13.6. The van der Waals surface area contributed by atoms with E-state index in [4.69, 9.17) is 0 Å². The molecule has 0 radical (unpaired) electrons. The summed E-state index contributed by atoms with van der Waals surface area (Å²) in [7, 11) is 0. The van der Waals surface area contributed by atoms with Gasteiger partial charge in [-0.05, 0) is 29.1 Å². The first-order valence-electron chi connectivity index (χ1n) is 12.6. The molecule has 0 saturated heterocycles. The fourth-order valence-electron chi connectivity index (χ4n) is 3.94. The van der Waals surface area contributed by atoms with E-state index in [-0.39, 0.29) is 35.2 Å². The van der Waals surface area contributed by atoms with Gasteiger partial charge in [0.1, 0.15) is 0 Å². The van der Waals surface area contributed by atoms with E-state index < -0.39 is 39.7 Å². The van der Waals surface area contributed by atoms with Crippen molar-refractivity contribution in [3.05, 3.63) is 0 Å². The van der Waals surface area contributed by atoms with Gasteiger partial charge in [-0.3, -0.25) is 19.2 Å². The molecule has 2 amide bonds. The number of rotatable bonds is 8. The second kappa shape index (κ2) is 9.73. The fourth-order valence-corrected chi connectivity index (χ4v) is 3.94. The molecular formula is C28H50N2O4. The molecule has 3 unspecified atom stereocenters. The molecule has 1 saturated carbocycles. The van der Waals surface area contributed by atoms with Crippen LogP contribution in [0, 0.1) is 33.0 Å². The highest BCUT2D eigenvalue weighted by Gasteiger charge is 2.51. The Labute approximate surface area is 207 Å². The predicted molar refractivity (Wildman–Crippen MR) is 137 cm³/mol. The molecule has 196 valence electrons. The highest BCUT2D eigenvalue weighted by molar-refractivity contribution is 5.97. The van der Waals surface area contributed by atoms with Crippen molar-refractivity contribution in [2.45, 2.75) is 121 Å². The van der Waals surface area contributed by atoms with Crippen molar-refractivity contribution in [3.8, 4) is 0 Å². The lowest BCUT2D eigenvalue weighted by Crippen LogP contribution is -2.56. The Morgan fingerprint density at radius 3 is 1.47 bits per heavy atom. The first-order valence-corrected chi connectivity index (χ1v) is 12.6. The Balaban J connectivity index is 3.20. The third-order valence-electron chi connectivity index (χ3n) is 6.92. The summed E-state index contributed by atoms with van der Waals surface area (Å²) in [6.45, 7) is 24.8. The lowest BCUT2D eigenvalue weighted by Gasteiger charge is -2.38. The number of amides is 2. The molecule has 1 aliphatic carbocycles. The zero-order valence-corrected chi connectivity index (χ0v) is 24.0. The molecule has 1 fully saturated rings. The fraction of sp³-hybridized carbons (Fsp3) is 0.857. The molecule has 0 heterocycles. The van der Waals surface area contributed by atoms with E-state index in [9.17, 15) is 19.2 Å². The van der Waals surface area contributed by atoms with Gasteiger partial charge in [-0.15, -0.1) is 0 Å². The molecule has 0 aromatic carbocycles. The first kappa shape index (κ1) is 30.3. The third kappa shape index (κ3) is 7.91. The summed E-state index contributed by atoms with van der Waals surface area (Å²) in [4.78, 5) is 53.0. The monoisotopic (exact) mass is 478 g/mol. The summed E-state index contributed by atoms with van der Waals surface area (Å²) >= 11 is 0. The second-order valence-electron chi connectivity index (χ2n) is 14.8. The zero-order valence-electron chi connectivity index (χ0n) is 24.0. The van der Waals surface area contributed by atoms with Gasteiger partial charge in [-0.25, -0.2) is 0 Å². The van der Waals surface area contributed by atoms with E-state index in [1.165, 1.54) is 0 Å². The largest absolute Gasteiger partial charge is 0.345 e. The van der Waals surface area contributed by atoms with Crippen LogP contribution >= 0.6 is 0 Å². The van der Waals surface area contributed by atoms with Crippen LogP contribution in [0.1, 0.15) is 109 Å². The summed E-state index contributed by atoms with van der Waals surface area (Å²) in [6, 6.07) is -1.34. The highest BCUT2D eigenvalue weighted by atomic mass is 16.2. The van der Waals surface area contributed by atoms with Gasteiger partial charge in [-0.2, -0.15) is 0 Å². The van der Waals surface area contributed by atoms with E-state index >= 15 is 0 Å². The van der Waals surface area contributed by atoms with Crippen LogP contribution < -0.4 is 10.6 Å². The Morgan fingerprint density at radius 2 is 1.15 bits per heavy atom. The average Bonchev–Trinajstić information content (AvgIpc) is 3.35. The topological polar surface area (TPSA) is 92.3 Å². The summed E-state index contributed by atoms with van der Waals surface area (Å²) in [5.74, 6) is -1.23. The van der Waals surface area contributed by atoms with Crippen LogP contribution in [-0.4, -0.2) is 35.5 Å². The Morgan fingerprint density at radius 1 is 0.706 bits per heavy atom. The van der Waals surface area contributed by atoms with Gasteiger partial charge in [-0.1, -0.05) is 90.0 Å². The number of carbonyl (C=O) groups is 4. The van der Waals surface area contributed by atoms with Gasteiger partial charge in [0.05, 0.1) is 12.1 Å². The Hall–Kier alpha value is -1.72. The smallest absolute Gasteiger partial charge is 0.225 e. The first-order chi connectivity index (χ1) is 14.9. The lowest BCUT2D eigenvalue weighted by atomic mass is 9.73. The van der Waals surface area contributed by atoms with E-state index in [1.54, 1.807) is 0 Å². The van der Waals surface area contributed by atoms with Crippen LogP contribution in [0.3, 0.4) is 0 Å². The van der Waals surface area contributed by atoms with E-state index in [0.717, 1.165) is 12.8 Å². The molecule has 3 atom stereocenters. The molecule has 0 bridgehead atoms. The van der Waals surface area contributed by atoms with E-state index in [2.05, 4.69) is 10.6 Å². The maximum atomic E-state index is 13.6. The lowest BCUT2D eigenvalue weighted by molar-refractivity contribution is -0.140. The van der Waals surface area contributed by atoms with Gasteiger partial charge in [0, 0.05) is 23.2 Å². The average molecular weight is 479 g/mol. The summed E-state index contributed by atoms with van der Waals surface area (Å²) in [6.07, 6.45) is 1.68. The molecule has 6 nitrogen and oxygen atoms in total. The van der Waals surface area contributed by atoms with Crippen molar-refractivity contribution in [3.63, 3.8) is 0 Å². The van der Waals surface area contributed by atoms with Gasteiger partial charge >= 0.3 is 0 Å². The Bertz CT molecular complexity index is 796. The van der Waals surface area contributed by atoms with Crippen LogP contribution in [0.4, 0.5) is 0 Å². The quantitative estimate of drug-likeness (QED) is 0.508. The SMILES string of the molecule is CC(C)(C)C(=O)NC(C(=O)CC(C(=O)NC(C(=O)C1(C)CC1)C(C)(C)C)C(C)(C)C)C(C)(C)C. The van der Waals surface area contributed by atoms with E-state index in [1.807, 2.05) is 90.0 Å². The number of nitrogens with one attached hydrogen (secondary N) is 2. The van der Waals surface area contributed by atoms with Crippen molar-refractivity contribution in [1.29, 1.82) is 0 Å². The van der Waals surface area contributed by atoms with Crippen molar-refractivity contribution in [1.82, 2.24) is 10.6 Å². The number of hydrogen-bond acceptors (Lipinski definition) is 4. The zero-order chi connectivity index (χ0) is 27.1. The van der Waals surface area contributed by atoms with Crippen LogP contribution in [-0.2, 0) is 19.2 Å². The minimum atomic E-state index is -0.720. The minimum Gasteiger partial charge on any atom is -0.345 e. The molecule has 0 aromatic heterocycles. The minimum absolute atomic E-state index is 0.00991. The number of carbonyl (C=O) groups excluding carboxylic acids is 4. The summed E-state index contributed by atoms with van der Waals surface area (Å²) in [5.41, 5.74) is -2.47. The van der Waals surface area contributed by atoms with Crippen LogP contribution in [0.2, 0.25) is 0 Å². The standard InChI is InChI=1S/C28H50N2O4/c1-24(2,3)17(16-18(31)19(25(4,5)6)30-23(34)27(10,11)12)22(33)29-20(26(7,8)9)21(32)28(13)14-15-28/h17,19-20H,14-16H2,1-13H3,(H,29,33)(H,30,34). The molecule has 0 aromatic rings. The second-order valence-corrected chi connectivity index (χ2v) is 14.8. The molecule has 0 spiro atoms. The van der Waals surface area contributed by atoms with Gasteiger partial charge < -0.3 is 10.6 Å². The van der Waals surface area contributed by atoms with Gasteiger partial charge in [0.15, 0.2) is 11.6 Å². The molecule has 1 rings (SSSR count). The molecule has 0 aliphatic heterocycles. The van der Waals surface area contributed by atoms with Crippen LogP contribution in [0.5, 0.6) is 0 Å². The predicted octanol–water partition coefficient (Wildman–Crippen LogP) is 5.09. The number of hydrogen-bond donors (Lipinski definition) is 2.